The lowest BCUT2D eigenvalue weighted by Gasteiger charge is -2.24. The first-order chi connectivity index (χ1) is 5.58. The number of morpholine rings is 1. The van der Waals surface area contributed by atoms with E-state index in [1.807, 2.05) is 4.90 Å². The van der Waals surface area contributed by atoms with Crippen LogP contribution in [-0.4, -0.2) is 39.6 Å². The van der Waals surface area contributed by atoms with E-state index in [1.165, 1.54) is 6.20 Å². The average molecular weight is 192 g/mol. The maximum atomic E-state index is 10.5. The van der Waals surface area contributed by atoms with Gasteiger partial charge in [-0.05, 0) is 0 Å². The maximum absolute atomic E-state index is 10.5. The zero-order valence-electron chi connectivity index (χ0n) is 6.64. The lowest BCUT2D eigenvalue weighted by Crippen LogP contribution is -2.32. The summed E-state index contributed by atoms with van der Waals surface area (Å²) in [6.07, 6.45) is 1.48. The molecule has 70 valence electrons. The van der Waals surface area contributed by atoms with E-state index in [4.69, 9.17) is 9.88 Å². The normalized spacial score (nSPS) is 20.2. The first kappa shape index (κ1) is 9.50. The van der Waals surface area contributed by atoms with Gasteiger partial charge < -0.3 is 9.64 Å². The summed E-state index contributed by atoms with van der Waals surface area (Å²) in [5, 5.41) is 5.78. The SMILES string of the molecule is NS(=O)(=O)/C=C/N1CCOCC1. The largest absolute Gasteiger partial charge is 0.378 e. The van der Waals surface area contributed by atoms with Gasteiger partial charge >= 0.3 is 0 Å². The van der Waals surface area contributed by atoms with Crippen LogP contribution in [0, 0.1) is 0 Å². The van der Waals surface area contributed by atoms with Crippen LogP contribution >= 0.6 is 0 Å². The number of nitrogens with two attached hydrogens (primary N) is 1. The molecule has 0 atom stereocenters. The Morgan fingerprint density at radius 1 is 1.33 bits per heavy atom. The molecule has 6 heteroatoms. The van der Waals surface area contributed by atoms with Crippen molar-refractivity contribution in [2.45, 2.75) is 0 Å². The number of primary sulfonamides is 1. The van der Waals surface area contributed by atoms with Crippen molar-refractivity contribution in [2.75, 3.05) is 26.3 Å². The fourth-order valence-electron chi connectivity index (χ4n) is 0.897. The van der Waals surface area contributed by atoms with Crippen LogP contribution in [0.15, 0.2) is 11.6 Å². The molecule has 0 aromatic rings. The average Bonchev–Trinajstić information content (AvgIpc) is 2.02. The second kappa shape index (κ2) is 3.88. The van der Waals surface area contributed by atoms with Crippen molar-refractivity contribution in [1.82, 2.24) is 4.90 Å². The molecule has 1 heterocycles. The smallest absolute Gasteiger partial charge is 0.232 e. The highest BCUT2D eigenvalue weighted by Crippen LogP contribution is 1.97. The number of sulfonamides is 1. The molecular weight excluding hydrogens is 180 g/mol. The summed E-state index contributed by atoms with van der Waals surface area (Å²) in [5.41, 5.74) is 0. The van der Waals surface area contributed by atoms with Gasteiger partial charge in [0.15, 0.2) is 0 Å². The second-order valence-corrected chi connectivity index (χ2v) is 3.97. The van der Waals surface area contributed by atoms with Gasteiger partial charge in [0.1, 0.15) is 0 Å². The molecule has 12 heavy (non-hydrogen) atoms. The minimum atomic E-state index is -3.49. The molecule has 2 N–H and O–H groups in total. The predicted octanol–water partition coefficient (Wildman–Crippen LogP) is -0.922. The number of rotatable bonds is 2. The van der Waals surface area contributed by atoms with Crippen molar-refractivity contribution in [2.24, 2.45) is 5.14 Å². The van der Waals surface area contributed by atoms with Crippen molar-refractivity contribution in [3.05, 3.63) is 11.6 Å². The van der Waals surface area contributed by atoms with E-state index < -0.39 is 10.0 Å². The maximum Gasteiger partial charge on any atom is 0.232 e. The summed E-state index contributed by atoms with van der Waals surface area (Å²) in [6, 6.07) is 0. The number of hydrogen-bond donors (Lipinski definition) is 1. The van der Waals surface area contributed by atoms with Crippen LogP contribution in [0.4, 0.5) is 0 Å². The molecule has 0 amide bonds. The highest BCUT2D eigenvalue weighted by atomic mass is 32.2. The Labute approximate surface area is 71.8 Å². The third kappa shape index (κ3) is 3.70. The van der Waals surface area contributed by atoms with Crippen molar-refractivity contribution in [1.29, 1.82) is 0 Å². The van der Waals surface area contributed by atoms with Crippen LogP contribution in [0.3, 0.4) is 0 Å². The third-order valence-electron chi connectivity index (χ3n) is 1.51. The molecule has 0 bridgehead atoms. The van der Waals surface area contributed by atoms with E-state index in [9.17, 15) is 8.42 Å². The minimum Gasteiger partial charge on any atom is -0.378 e. The zero-order chi connectivity index (χ0) is 9.03. The van der Waals surface area contributed by atoms with E-state index >= 15 is 0 Å². The van der Waals surface area contributed by atoms with E-state index in [-0.39, 0.29) is 0 Å². The van der Waals surface area contributed by atoms with Crippen LogP contribution in [0.25, 0.3) is 0 Å². The Hall–Kier alpha value is -0.590. The lowest BCUT2D eigenvalue weighted by atomic mass is 10.5. The third-order valence-corrected chi connectivity index (χ3v) is 2.01. The Morgan fingerprint density at radius 3 is 2.42 bits per heavy atom. The monoisotopic (exact) mass is 192 g/mol. The fourth-order valence-corrected chi connectivity index (χ4v) is 1.24. The first-order valence-electron chi connectivity index (χ1n) is 3.61. The molecule has 0 spiro atoms. The molecule has 0 aromatic heterocycles. The molecular formula is C6H12N2O3S. The van der Waals surface area contributed by atoms with E-state index in [2.05, 4.69) is 0 Å². The molecule has 5 nitrogen and oxygen atoms in total. The topological polar surface area (TPSA) is 72.6 Å². The van der Waals surface area contributed by atoms with Crippen molar-refractivity contribution in [3.8, 4) is 0 Å². The lowest BCUT2D eigenvalue weighted by molar-refractivity contribution is 0.0595. The van der Waals surface area contributed by atoms with Crippen molar-refractivity contribution in [3.63, 3.8) is 0 Å². The van der Waals surface area contributed by atoms with Gasteiger partial charge in [-0.1, -0.05) is 0 Å². The van der Waals surface area contributed by atoms with E-state index in [1.54, 1.807) is 0 Å². The molecule has 1 aliphatic rings. The standard InChI is InChI=1S/C6H12N2O3S/c7-12(9,10)6-3-8-1-4-11-5-2-8/h3,6H,1-2,4-5H2,(H2,7,9,10)/b6-3+. The summed E-state index contributed by atoms with van der Waals surface area (Å²) in [4.78, 5) is 1.86. The molecule has 1 saturated heterocycles. The quantitative estimate of drug-likeness (QED) is 0.614. The Balaban J connectivity index is 2.44. The van der Waals surface area contributed by atoms with Gasteiger partial charge in [-0.3, -0.25) is 0 Å². The van der Waals surface area contributed by atoms with Crippen LogP contribution in [0.5, 0.6) is 0 Å². The molecule has 1 aliphatic heterocycles. The van der Waals surface area contributed by atoms with Crippen LogP contribution in [-0.2, 0) is 14.8 Å². The highest BCUT2D eigenvalue weighted by molar-refractivity contribution is 7.92. The highest BCUT2D eigenvalue weighted by Gasteiger charge is 2.05. The molecule has 0 aromatic carbocycles. The molecule has 1 fully saturated rings. The van der Waals surface area contributed by atoms with Crippen molar-refractivity contribution < 1.29 is 13.2 Å². The summed E-state index contributed by atoms with van der Waals surface area (Å²) >= 11 is 0. The first-order valence-corrected chi connectivity index (χ1v) is 5.22. The second-order valence-electron chi connectivity index (χ2n) is 2.52. The molecule has 0 unspecified atom stereocenters. The molecule has 0 radical (unpaired) electrons. The van der Waals surface area contributed by atoms with Gasteiger partial charge in [0.05, 0.1) is 18.6 Å². The summed E-state index contributed by atoms with van der Waals surface area (Å²) < 4.78 is 26.1. The van der Waals surface area contributed by atoms with Crippen molar-refractivity contribution >= 4 is 10.0 Å². The minimum absolute atomic E-state index is 0.634. The number of ether oxygens (including phenoxy) is 1. The molecule has 1 rings (SSSR count). The molecule has 0 aliphatic carbocycles. The fraction of sp³-hybridized carbons (Fsp3) is 0.667. The van der Waals surface area contributed by atoms with E-state index in [0.29, 0.717) is 26.3 Å². The van der Waals surface area contributed by atoms with Crippen LogP contribution < -0.4 is 5.14 Å². The van der Waals surface area contributed by atoms with Gasteiger partial charge in [0.2, 0.25) is 10.0 Å². The molecule has 0 saturated carbocycles. The van der Waals surface area contributed by atoms with Crippen LogP contribution in [0.1, 0.15) is 0 Å². The number of hydrogen-bond acceptors (Lipinski definition) is 4. The summed E-state index contributed by atoms with van der Waals surface area (Å²) in [5.74, 6) is 0. The zero-order valence-corrected chi connectivity index (χ0v) is 7.46. The van der Waals surface area contributed by atoms with Gasteiger partial charge in [0.25, 0.3) is 0 Å². The van der Waals surface area contributed by atoms with Gasteiger partial charge in [0, 0.05) is 19.3 Å². The van der Waals surface area contributed by atoms with Gasteiger partial charge in [-0.15, -0.1) is 0 Å². The van der Waals surface area contributed by atoms with Gasteiger partial charge in [-0.25, -0.2) is 13.6 Å². The Kier molecular flexibility index (Phi) is 3.07. The van der Waals surface area contributed by atoms with Crippen LogP contribution in [0.2, 0.25) is 0 Å². The Morgan fingerprint density at radius 2 is 1.92 bits per heavy atom. The Bertz CT molecular complexity index is 254. The predicted molar refractivity (Wildman–Crippen MR) is 44.6 cm³/mol. The van der Waals surface area contributed by atoms with Gasteiger partial charge in [-0.2, -0.15) is 0 Å². The van der Waals surface area contributed by atoms with E-state index in [0.717, 1.165) is 5.41 Å². The number of nitrogens with zero attached hydrogens (tertiary/aromatic N) is 1. The summed E-state index contributed by atoms with van der Waals surface area (Å²) in [7, 11) is -3.49. The summed E-state index contributed by atoms with van der Waals surface area (Å²) in [6.45, 7) is 2.70.